The summed E-state index contributed by atoms with van der Waals surface area (Å²) in [6, 6.07) is 0.710. The van der Waals surface area contributed by atoms with Gasteiger partial charge in [-0.2, -0.15) is 11.8 Å². The first-order chi connectivity index (χ1) is 8.29. The number of ether oxygens (including phenoxy) is 1. The average molecular weight is 257 g/mol. The van der Waals surface area contributed by atoms with Crippen LogP contribution in [0, 0.1) is 5.92 Å². The monoisotopic (exact) mass is 257 g/mol. The predicted molar refractivity (Wildman–Crippen MR) is 75.7 cm³/mol. The van der Waals surface area contributed by atoms with Crippen molar-refractivity contribution >= 4 is 11.8 Å². The summed E-state index contributed by atoms with van der Waals surface area (Å²) in [6.45, 7) is 3.27. The van der Waals surface area contributed by atoms with E-state index >= 15 is 0 Å². The van der Waals surface area contributed by atoms with Gasteiger partial charge in [0.25, 0.3) is 0 Å². The lowest BCUT2D eigenvalue weighted by atomic mass is 9.80. The van der Waals surface area contributed by atoms with E-state index in [4.69, 9.17) is 4.74 Å². The molecule has 2 rings (SSSR count). The van der Waals surface area contributed by atoms with Gasteiger partial charge in [-0.05, 0) is 44.4 Å². The fraction of sp³-hybridized carbons (Fsp3) is 1.00. The molecule has 1 spiro atoms. The minimum atomic E-state index is 0.245. The normalized spacial score (nSPS) is 35.3. The summed E-state index contributed by atoms with van der Waals surface area (Å²) in [5, 5.41) is 3.55. The first-order valence-electron chi connectivity index (χ1n) is 7.18. The van der Waals surface area contributed by atoms with Crippen LogP contribution in [0.25, 0.3) is 0 Å². The number of thioether (sulfide) groups is 1. The summed E-state index contributed by atoms with van der Waals surface area (Å²) >= 11 is 2.07. The summed E-state index contributed by atoms with van der Waals surface area (Å²) in [5.74, 6) is 3.36. The summed E-state index contributed by atoms with van der Waals surface area (Å²) in [6.07, 6.45) is 7.81. The van der Waals surface area contributed by atoms with Crippen LogP contribution >= 0.6 is 11.8 Å². The molecular formula is C14H27NOS. The van der Waals surface area contributed by atoms with Gasteiger partial charge < -0.3 is 10.1 Å². The van der Waals surface area contributed by atoms with Crippen LogP contribution in [-0.2, 0) is 4.74 Å². The standard InChI is InChI=1S/C14H27NOS/c1-3-4-5-13(15-2)12-6-8-16-14(10-12)7-9-17-11-14/h12-13,15H,3-11H2,1-2H3. The van der Waals surface area contributed by atoms with Gasteiger partial charge in [-0.3, -0.25) is 0 Å². The molecule has 1 N–H and O–H groups in total. The Hall–Kier alpha value is 0.270. The lowest BCUT2D eigenvalue weighted by Crippen LogP contribution is -2.46. The SMILES string of the molecule is CCCCC(NC)C1CCOC2(CCSC2)C1. The minimum absolute atomic E-state index is 0.245. The summed E-state index contributed by atoms with van der Waals surface area (Å²) in [5.41, 5.74) is 0.245. The third-order valence-corrected chi connectivity index (χ3v) is 5.63. The summed E-state index contributed by atoms with van der Waals surface area (Å²) in [7, 11) is 2.13. The van der Waals surface area contributed by atoms with Crippen molar-refractivity contribution in [3.05, 3.63) is 0 Å². The second kappa shape index (κ2) is 6.44. The van der Waals surface area contributed by atoms with Gasteiger partial charge in [0.05, 0.1) is 5.60 Å². The molecule has 2 nitrogen and oxygen atoms in total. The van der Waals surface area contributed by atoms with Gasteiger partial charge in [0.1, 0.15) is 0 Å². The van der Waals surface area contributed by atoms with E-state index in [-0.39, 0.29) is 5.60 Å². The Morgan fingerprint density at radius 2 is 2.41 bits per heavy atom. The first-order valence-corrected chi connectivity index (χ1v) is 8.34. The van der Waals surface area contributed by atoms with Crippen molar-refractivity contribution in [1.29, 1.82) is 0 Å². The van der Waals surface area contributed by atoms with Crippen molar-refractivity contribution in [2.45, 2.75) is 57.1 Å². The topological polar surface area (TPSA) is 21.3 Å². The molecule has 100 valence electrons. The van der Waals surface area contributed by atoms with Crippen LogP contribution in [0.15, 0.2) is 0 Å². The molecule has 3 heteroatoms. The molecule has 3 atom stereocenters. The largest absolute Gasteiger partial charge is 0.374 e. The molecule has 2 heterocycles. The number of hydrogen-bond donors (Lipinski definition) is 1. The van der Waals surface area contributed by atoms with Crippen LogP contribution < -0.4 is 5.32 Å². The molecule has 0 aromatic rings. The fourth-order valence-electron chi connectivity index (χ4n) is 3.31. The number of unbranched alkanes of at least 4 members (excludes halogenated alkanes) is 1. The molecule has 0 aliphatic carbocycles. The summed E-state index contributed by atoms with van der Waals surface area (Å²) in [4.78, 5) is 0. The molecule has 0 saturated carbocycles. The molecule has 2 aliphatic rings. The van der Waals surface area contributed by atoms with E-state index in [0.717, 1.165) is 12.5 Å². The Labute approximate surface area is 110 Å². The van der Waals surface area contributed by atoms with Crippen molar-refractivity contribution in [1.82, 2.24) is 5.32 Å². The molecular weight excluding hydrogens is 230 g/mol. The third-order valence-electron chi connectivity index (χ3n) is 4.41. The Bertz CT molecular complexity index is 228. The predicted octanol–water partition coefficient (Wildman–Crippen LogP) is 3.07. The van der Waals surface area contributed by atoms with Crippen molar-refractivity contribution in [3.63, 3.8) is 0 Å². The molecule has 0 radical (unpaired) electrons. The van der Waals surface area contributed by atoms with Crippen LogP contribution in [0.2, 0.25) is 0 Å². The first kappa shape index (κ1) is 13.7. The maximum atomic E-state index is 6.11. The number of hydrogen-bond acceptors (Lipinski definition) is 3. The zero-order valence-corrected chi connectivity index (χ0v) is 12.2. The van der Waals surface area contributed by atoms with Crippen molar-refractivity contribution < 1.29 is 4.74 Å². The molecule has 0 aromatic heterocycles. The van der Waals surface area contributed by atoms with Crippen LogP contribution in [-0.4, -0.2) is 36.8 Å². The third kappa shape index (κ3) is 3.39. The second-order valence-corrected chi connectivity index (χ2v) is 6.73. The zero-order chi connectivity index (χ0) is 12.1. The van der Waals surface area contributed by atoms with Gasteiger partial charge in [0.2, 0.25) is 0 Å². The van der Waals surface area contributed by atoms with E-state index in [1.165, 1.54) is 50.0 Å². The molecule has 0 bridgehead atoms. The van der Waals surface area contributed by atoms with Gasteiger partial charge in [-0.15, -0.1) is 0 Å². The van der Waals surface area contributed by atoms with Crippen LogP contribution in [0.1, 0.15) is 45.4 Å². The van der Waals surface area contributed by atoms with Gasteiger partial charge in [-0.1, -0.05) is 19.8 Å². The van der Waals surface area contributed by atoms with E-state index in [0.29, 0.717) is 6.04 Å². The molecule has 0 aromatic carbocycles. The molecule has 2 aliphatic heterocycles. The number of rotatable bonds is 5. The van der Waals surface area contributed by atoms with E-state index in [1.54, 1.807) is 0 Å². The molecule has 3 unspecified atom stereocenters. The summed E-state index contributed by atoms with van der Waals surface area (Å²) < 4.78 is 6.11. The highest BCUT2D eigenvalue weighted by atomic mass is 32.2. The van der Waals surface area contributed by atoms with E-state index < -0.39 is 0 Å². The van der Waals surface area contributed by atoms with Crippen molar-refractivity contribution in [2.75, 3.05) is 25.2 Å². The Morgan fingerprint density at radius 1 is 1.53 bits per heavy atom. The molecule has 0 amide bonds. The smallest absolute Gasteiger partial charge is 0.0783 e. The lowest BCUT2D eigenvalue weighted by Gasteiger charge is -2.41. The Kier molecular flexibility index (Phi) is 5.19. The van der Waals surface area contributed by atoms with Crippen LogP contribution in [0.5, 0.6) is 0 Å². The van der Waals surface area contributed by atoms with Gasteiger partial charge >= 0.3 is 0 Å². The van der Waals surface area contributed by atoms with Crippen molar-refractivity contribution in [2.24, 2.45) is 5.92 Å². The van der Waals surface area contributed by atoms with E-state index in [2.05, 4.69) is 31.1 Å². The average Bonchev–Trinajstić information content (AvgIpc) is 2.78. The van der Waals surface area contributed by atoms with Crippen molar-refractivity contribution in [3.8, 4) is 0 Å². The molecule has 17 heavy (non-hydrogen) atoms. The highest BCUT2D eigenvalue weighted by Crippen LogP contribution is 2.41. The molecule has 2 saturated heterocycles. The lowest BCUT2D eigenvalue weighted by molar-refractivity contribution is -0.0852. The van der Waals surface area contributed by atoms with Crippen LogP contribution in [0.3, 0.4) is 0 Å². The van der Waals surface area contributed by atoms with Gasteiger partial charge in [0.15, 0.2) is 0 Å². The Morgan fingerprint density at radius 3 is 3.06 bits per heavy atom. The second-order valence-electron chi connectivity index (χ2n) is 5.62. The molecule has 2 fully saturated rings. The van der Waals surface area contributed by atoms with Crippen LogP contribution in [0.4, 0.5) is 0 Å². The maximum Gasteiger partial charge on any atom is 0.0783 e. The highest BCUT2D eigenvalue weighted by Gasteiger charge is 2.41. The van der Waals surface area contributed by atoms with Gasteiger partial charge in [-0.25, -0.2) is 0 Å². The van der Waals surface area contributed by atoms with E-state index in [1.807, 2.05) is 0 Å². The van der Waals surface area contributed by atoms with Gasteiger partial charge in [0, 0.05) is 18.4 Å². The zero-order valence-electron chi connectivity index (χ0n) is 11.3. The quantitative estimate of drug-likeness (QED) is 0.818. The fourth-order valence-corrected chi connectivity index (χ4v) is 4.69. The number of nitrogens with one attached hydrogen (secondary N) is 1. The van der Waals surface area contributed by atoms with E-state index in [9.17, 15) is 0 Å². The highest BCUT2D eigenvalue weighted by molar-refractivity contribution is 7.99. The minimum Gasteiger partial charge on any atom is -0.374 e. The maximum absolute atomic E-state index is 6.11. The Balaban J connectivity index is 1.90.